The summed E-state index contributed by atoms with van der Waals surface area (Å²) in [4.78, 5) is 0. The molecule has 0 aliphatic carbocycles. The minimum atomic E-state index is -0.522. The Labute approximate surface area is 123 Å². The molecule has 0 saturated carbocycles. The second-order valence-electron chi connectivity index (χ2n) is 5.74. The van der Waals surface area contributed by atoms with Crippen LogP contribution in [-0.2, 0) is 0 Å². The van der Waals surface area contributed by atoms with Gasteiger partial charge in [-0.1, -0.05) is 67.1 Å². The van der Waals surface area contributed by atoms with Crippen molar-refractivity contribution in [3.63, 3.8) is 0 Å². The van der Waals surface area contributed by atoms with Crippen LogP contribution >= 0.6 is 0 Å². The molecule has 0 saturated heterocycles. The van der Waals surface area contributed by atoms with Gasteiger partial charge in [-0.2, -0.15) is 0 Å². The molecule has 0 amide bonds. The van der Waals surface area contributed by atoms with E-state index in [1.165, 1.54) is 5.57 Å². The van der Waals surface area contributed by atoms with Crippen LogP contribution in [0.4, 0.5) is 0 Å². The smallest absolute Gasteiger partial charge is 0.0812 e. The Kier molecular flexibility index (Phi) is 6.47. The number of aliphatic hydroxyl groups excluding tert-OH is 1. The molecule has 0 bridgehead atoms. The first-order valence-electron chi connectivity index (χ1n) is 7.16. The van der Waals surface area contributed by atoms with Crippen molar-refractivity contribution in [1.82, 2.24) is 0 Å². The number of hydrogen-bond acceptors (Lipinski definition) is 1. The zero-order valence-electron chi connectivity index (χ0n) is 12.8. The van der Waals surface area contributed by atoms with Gasteiger partial charge in [-0.3, -0.25) is 0 Å². The minimum absolute atomic E-state index is 0.294. The molecule has 108 valence electrons. The molecule has 0 spiro atoms. The van der Waals surface area contributed by atoms with Crippen molar-refractivity contribution < 1.29 is 5.11 Å². The lowest BCUT2D eigenvalue weighted by Gasteiger charge is -2.29. The average molecular weight is 270 g/mol. The Bertz CT molecular complexity index is 466. The average Bonchev–Trinajstić information content (AvgIpc) is 2.45. The zero-order chi connectivity index (χ0) is 15.0. The molecule has 0 fully saturated rings. The van der Waals surface area contributed by atoms with Gasteiger partial charge in [0, 0.05) is 5.41 Å². The summed E-state index contributed by atoms with van der Waals surface area (Å²) in [6, 6.07) is 10.0. The quantitative estimate of drug-likeness (QED) is 0.691. The lowest BCUT2D eigenvalue weighted by Crippen LogP contribution is -2.28. The minimum Gasteiger partial charge on any atom is -0.388 e. The molecule has 0 aliphatic rings. The number of allylic oxidation sites excluding steroid dienone is 2. The van der Waals surface area contributed by atoms with Crippen molar-refractivity contribution in [2.24, 2.45) is 5.41 Å². The van der Waals surface area contributed by atoms with Gasteiger partial charge in [0.2, 0.25) is 0 Å². The summed E-state index contributed by atoms with van der Waals surface area (Å²) in [7, 11) is 0. The third-order valence-electron chi connectivity index (χ3n) is 3.65. The van der Waals surface area contributed by atoms with Crippen molar-refractivity contribution in [2.75, 3.05) is 0 Å². The van der Waals surface area contributed by atoms with Crippen LogP contribution in [0.5, 0.6) is 0 Å². The zero-order valence-corrected chi connectivity index (χ0v) is 12.8. The second kappa shape index (κ2) is 7.86. The van der Waals surface area contributed by atoms with Gasteiger partial charge in [0.1, 0.15) is 0 Å². The van der Waals surface area contributed by atoms with E-state index < -0.39 is 6.10 Å². The Morgan fingerprint density at radius 1 is 1.30 bits per heavy atom. The first-order chi connectivity index (χ1) is 9.48. The lowest BCUT2D eigenvalue weighted by atomic mass is 9.79. The maximum absolute atomic E-state index is 10.4. The Balaban J connectivity index is 2.70. The molecule has 1 N–H and O–H groups in total. The van der Waals surface area contributed by atoms with Crippen molar-refractivity contribution in [2.45, 2.75) is 39.7 Å². The van der Waals surface area contributed by atoms with E-state index in [4.69, 9.17) is 0 Å². The van der Waals surface area contributed by atoms with Gasteiger partial charge in [0.15, 0.2) is 0 Å². The van der Waals surface area contributed by atoms with Crippen LogP contribution in [0.25, 0.3) is 6.08 Å². The number of aliphatic hydroxyl groups is 1. The molecule has 2 atom stereocenters. The molecule has 0 heterocycles. The third-order valence-corrected chi connectivity index (χ3v) is 3.65. The highest BCUT2D eigenvalue weighted by molar-refractivity contribution is 5.49. The monoisotopic (exact) mass is 270 g/mol. The standard InChI is InChI=1S/C19H26O/c1-5-19(4,15-9-10-16(2)3)18(20)14-13-17-11-7-6-8-12-17/h5-8,10-14,18,20H,1,9,15H2,2-4H3/b14-13+/t18-,19+/m1/s1. The highest BCUT2D eigenvalue weighted by Crippen LogP contribution is 2.30. The molecule has 1 heteroatoms. The molecule has 1 rings (SSSR count). The van der Waals surface area contributed by atoms with Crippen molar-refractivity contribution >= 4 is 6.08 Å². The fraction of sp³-hybridized carbons (Fsp3) is 0.368. The van der Waals surface area contributed by atoms with Gasteiger partial charge in [-0.25, -0.2) is 0 Å². The fourth-order valence-electron chi connectivity index (χ4n) is 2.03. The van der Waals surface area contributed by atoms with Crippen LogP contribution in [0.3, 0.4) is 0 Å². The van der Waals surface area contributed by atoms with Crippen molar-refractivity contribution in [3.8, 4) is 0 Å². The van der Waals surface area contributed by atoms with Gasteiger partial charge in [0.05, 0.1) is 6.10 Å². The van der Waals surface area contributed by atoms with Gasteiger partial charge < -0.3 is 5.11 Å². The molecule has 0 unspecified atom stereocenters. The van der Waals surface area contributed by atoms with Crippen molar-refractivity contribution in [1.29, 1.82) is 0 Å². The molecule has 1 nitrogen and oxygen atoms in total. The Morgan fingerprint density at radius 2 is 1.95 bits per heavy atom. The number of rotatable bonds is 7. The van der Waals surface area contributed by atoms with Crippen LogP contribution in [-0.4, -0.2) is 11.2 Å². The molecule has 20 heavy (non-hydrogen) atoms. The Morgan fingerprint density at radius 3 is 2.50 bits per heavy atom. The maximum atomic E-state index is 10.4. The normalized spacial score (nSPS) is 15.6. The number of benzene rings is 1. The van der Waals surface area contributed by atoms with Crippen LogP contribution in [0.1, 0.15) is 39.2 Å². The topological polar surface area (TPSA) is 20.2 Å². The van der Waals surface area contributed by atoms with Gasteiger partial charge in [0.25, 0.3) is 0 Å². The largest absolute Gasteiger partial charge is 0.388 e. The summed E-state index contributed by atoms with van der Waals surface area (Å²) in [5.41, 5.74) is 2.12. The summed E-state index contributed by atoms with van der Waals surface area (Å²) in [5, 5.41) is 10.4. The van der Waals surface area contributed by atoms with E-state index in [2.05, 4.69) is 33.4 Å². The summed E-state index contributed by atoms with van der Waals surface area (Å²) in [6.07, 6.45) is 9.22. The number of hydrogen-bond donors (Lipinski definition) is 1. The summed E-state index contributed by atoms with van der Waals surface area (Å²) < 4.78 is 0. The molecule has 0 radical (unpaired) electrons. The predicted molar refractivity (Wildman–Crippen MR) is 88.5 cm³/mol. The summed E-state index contributed by atoms with van der Waals surface area (Å²) in [5.74, 6) is 0. The molecule has 1 aromatic rings. The first kappa shape index (κ1) is 16.5. The van der Waals surface area contributed by atoms with Gasteiger partial charge >= 0.3 is 0 Å². The van der Waals surface area contributed by atoms with Crippen molar-refractivity contribution in [3.05, 3.63) is 66.3 Å². The summed E-state index contributed by atoms with van der Waals surface area (Å²) in [6.45, 7) is 10.1. The van der Waals surface area contributed by atoms with E-state index in [1.54, 1.807) is 0 Å². The van der Waals surface area contributed by atoms with E-state index in [-0.39, 0.29) is 5.41 Å². The Hall–Kier alpha value is -1.60. The van der Waals surface area contributed by atoms with E-state index >= 15 is 0 Å². The highest BCUT2D eigenvalue weighted by Gasteiger charge is 2.26. The predicted octanol–water partition coefficient (Wildman–Crippen LogP) is 5.00. The molecule has 0 aromatic heterocycles. The molecular weight excluding hydrogens is 244 g/mol. The van der Waals surface area contributed by atoms with E-state index in [0.717, 1.165) is 18.4 Å². The molecule has 0 aliphatic heterocycles. The lowest BCUT2D eigenvalue weighted by molar-refractivity contribution is 0.107. The molecular formula is C19H26O. The van der Waals surface area contributed by atoms with Crippen LogP contribution in [0.15, 0.2) is 60.7 Å². The van der Waals surface area contributed by atoms with Gasteiger partial charge in [-0.05, 0) is 32.3 Å². The maximum Gasteiger partial charge on any atom is 0.0812 e. The fourth-order valence-corrected chi connectivity index (χ4v) is 2.03. The van der Waals surface area contributed by atoms with Crippen LogP contribution in [0.2, 0.25) is 0 Å². The van der Waals surface area contributed by atoms with E-state index in [9.17, 15) is 5.11 Å². The van der Waals surface area contributed by atoms with E-state index in [0.29, 0.717) is 0 Å². The second-order valence-corrected chi connectivity index (χ2v) is 5.74. The van der Waals surface area contributed by atoms with Crippen LogP contribution < -0.4 is 0 Å². The molecule has 1 aromatic carbocycles. The third kappa shape index (κ3) is 5.18. The van der Waals surface area contributed by atoms with Crippen LogP contribution in [0, 0.1) is 5.41 Å². The SMILES string of the molecule is C=C[C@@](C)(CCC=C(C)C)[C@H](O)/C=C/c1ccccc1. The van der Waals surface area contributed by atoms with E-state index in [1.807, 2.05) is 48.6 Å². The summed E-state index contributed by atoms with van der Waals surface area (Å²) >= 11 is 0. The highest BCUT2D eigenvalue weighted by atomic mass is 16.3. The first-order valence-corrected chi connectivity index (χ1v) is 7.16. The van der Waals surface area contributed by atoms with Gasteiger partial charge in [-0.15, -0.1) is 6.58 Å².